The zero-order chi connectivity index (χ0) is 19.6. The highest BCUT2D eigenvalue weighted by Crippen LogP contribution is 2.32. The molecule has 4 rings (SSSR count). The minimum Gasteiger partial charge on any atom is -0.454 e. The molecule has 28 heavy (non-hydrogen) atoms. The molecule has 0 spiro atoms. The second kappa shape index (κ2) is 7.53. The van der Waals surface area contributed by atoms with Gasteiger partial charge >= 0.3 is 10.1 Å². The molecule has 0 N–H and O–H groups in total. The highest BCUT2D eigenvalue weighted by molar-refractivity contribution is 7.87. The maximum absolute atomic E-state index is 12.3. The topological polar surface area (TPSA) is 74.2 Å². The van der Waals surface area contributed by atoms with E-state index in [1.54, 1.807) is 30.5 Å². The van der Waals surface area contributed by atoms with E-state index in [4.69, 9.17) is 25.3 Å². The van der Waals surface area contributed by atoms with Gasteiger partial charge in [0.15, 0.2) is 11.5 Å². The molecule has 0 bridgehead atoms. The maximum Gasteiger partial charge on any atom is 0.339 e. The Balaban J connectivity index is 1.45. The molecular formula is C20H14ClNO5S. The van der Waals surface area contributed by atoms with E-state index in [-0.39, 0.29) is 17.4 Å². The second-order valence-electron chi connectivity index (χ2n) is 5.86. The molecule has 6 nitrogen and oxygen atoms in total. The highest BCUT2D eigenvalue weighted by Gasteiger charge is 2.16. The van der Waals surface area contributed by atoms with Gasteiger partial charge in [-0.05, 0) is 72.3 Å². The van der Waals surface area contributed by atoms with Crippen LogP contribution in [-0.2, 0) is 10.1 Å². The fourth-order valence-electron chi connectivity index (χ4n) is 2.51. The van der Waals surface area contributed by atoms with E-state index in [0.717, 1.165) is 5.56 Å². The Hall–Kier alpha value is -3.03. The van der Waals surface area contributed by atoms with Gasteiger partial charge < -0.3 is 13.7 Å². The number of fused-ring (bicyclic) bond motifs is 1. The molecule has 0 atom stereocenters. The third-order valence-electron chi connectivity index (χ3n) is 3.90. The fraction of sp³-hybridized carbons (Fsp3) is 0.0500. The van der Waals surface area contributed by atoms with Crippen molar-refractivity contribution in [1.29, 1.82) is 0 Å². The largest absolute Gasteiger partial charge is 0.454 e. The lowest BCUT2D eigenvalue weighted by Crippen LogP contribution is -2.09. The molecule has 3 aromatic carbocycles. The summed E-state index contributed by atoms with van der Waals surface area (Å²) in [7, 11) is -3.93. The van der Waals surface area contributed by atoms with Gasteiger partial charge in [0.05, 0.1) is 5.69 Å². The van der Waals surface area contributed by atoms with E-state index in [0.29, 0.717) is 22.2 Å². The quantitative estimate of drug-likeness (QED) is 0.450. The minimum absolute atomic E-state index is 0.0294. The summed E-state index contributed by atoms with van der Waals surface area (Å²) in [6.45, 7) is 0.219. The van der Waals surface area contributed by atoms with Crippen LogP contribution >= 0.6 is 11.6 Å². The number of rotatable bonds is 5. The average molecular weight is 416 g/mol. The fourth-order valence-corrected chi connectivity index (χ4v) is 3.56. The summed E-state index contributed by atoms with van der Waals surface area (Å²) in [6.07, 6.45) is 1.68. The summed E-state index contributed by atoms with van der Waals surface area (Å²) >= 11 is 5.78. The Morgan fingerprint density at radius 1 is 0.929 bits per heavy atom. The van der Waals surface area contributed by atoms with Crippen LogP contribution in [0, 0.1) is 0 Å². The van der Waals surface area contributed by atoms with Crippen LogP contribution in [0.25, 0.3) is 0 Å². The van der Waals surface area contributed by atoms with Gasteiger partial charge in [0, 0.05) is 11.2 Å². The maximum atomic E-state index is 12.3. The van der Waals surface area contributed by atoms with Crippen LogP contribution in [0.3, 0.4) is 0 Å². The smallest absolute Gasteiger partial charge is 0.339 e. The molecule has 1 aliphatic heterocycles. The van der Waals surface area contributed by atoms with Gasteiger partial charge in [0.25, 0.3) is 0 Å². The van der Waals surface area contributed by atoms with Crippen LogP contribution in [0.4, 0.5) is 5.69 Å². The summed E-state index contributed by atoms with van der Waals surface area (Å²) < 4.78 is 40.3. The molecule has 1 aliphatic rings. The van der Waals surface area contributed by atoms with E-state index in [1.807, 2.05) is 18.2 Å². The van der Waals surface area contributed by atoms with Crippen LogP contribution in [0.2, 0.25) is 5.02 Å². The summed E-state index contributed by atoms with van der Waals surface area (Å²) in [5.74, 6) is 1.58. The first-order chi connectivity index (χ1) is 13.5. The first-order valence-electron chi connectivity index (χ1n) is 8.23. The number of benzene rings is 3. The molecule has 1 heterocycles. The lowest BCUT2D eigenvalue weighted by Gasteiger charge is -2.07. The third-order valence-corrected chi connectivity index (χ3v) is 5.42. The molecule has 0 radical (unpaired) electrons. The molecule has 3 aromatic rings. The molecule has 142 valence electrons. The van der Waals surface area contributed by atoms with Crippen molar-refractivity contribution >= 4 is 33.6 Å². The number of halogens is 1. The van der Waals surface area contributed by atoms with Gasteiger partial charge in [0.1, 0.15) is 10.6 Å². The molecule has 0 saturated heterocycles. The Labute approximate surface area is 167 Å². The Morgan fingerprint density at radius 3 is 2.39 bits per heavy atom. The predicted octanol–water partition coefficient (Wildman–Crippen LogP) is 4.59. The summed E-state index contributed by atoms with van der Waals surface area (Å²) in [4.78, 5) is 4.40. The SMILES string of the molecule is O=S(=O)(Oc1ccc(/N=C/c2ccc3c(c2)OCO3)cc1)c1ccc(Cl)cc1. The standard InChI is InChI=1S/C20H14ClNO5S/c21-15-2-8-18(9-3-15)28(23,24)27-17-6-4-16(5-7-17)22-12-14-1-10-19-20(11-14)26-13-25-19/h1-12H,13H2/b22-12+. The van der Waals surface area contributed by atoms with Crippen LogP contribution in [0.15, 0.2) is 76.6 Å². The zero-order valence-electron chi connectivity index (χ0n) is 14.4. The van der Waals surface area contributed by atoms with Crippen molar-refractivity contribution in [3.63, 3.8) is 0 Å². The summed E-state index contributed by atoms with van der Waals surface area (Å²) in [5, 5.41) is 0.448. The van der Waals surface area contributed by atoms with Crippen molar-refractivity contribution in [1.82, 2.24) is 0 Å². The van der Waals surface area contributed by atoms with Crippen LogP contribution in [0.1, 0.15) is 5.56 Å². The number of hydrogen-bond acceptors (Lipinski definition) is 6. The lowest BCUT2D eigenvalue weighted by molar-refractivity contribution is 0.174. The molecular weight excluding hydrogens is 402 g/mol. The van der Waals surface area contributed by atoms with Gasteiger partial charge in [-0.1, -0.05) is 11.6 Å². The zero-order valence-corrected chi connectivity index (χ0v) is 16.0. The predicted molar refractivity (Wildman–Crippen MR) is 106 cm³/mol. The monoisotopic (exact) mass is 415 g/mol. The Bertz CT molecular complexity index is 1130. The molecule has 0 saturated carbocycles. The van der Waals surface area contributed by atoms with Gasteiger partial charge in [-0.25, -0.2) is 0 Å². The van der Waals surface area contributed by atoms with E-state index < -0.39 is 10.1 Å². The van der Waals surface area contributed by atoms with Crippen LogP contribution in [0.5, 0.6) is 17.2 Å². The van der Waals surface area contributed by atoms with Crippen molar-refractivity contribution in [2.75, 3.05) is 6.79 Å². The van der Waals surface area contributed by atoms with Gasteiger partial charge in [-0.3, -0.25) is 4.99 Å². The van der Waals surface area contributed by atoms with Crippen molar-refractivity contribution in [3.8, 4) is 17.2 Å². The van der Waals surface area contributed by atoms with Crippen LogP contribution < -0.4 is 13.7 Å². The molecule has 0 aromatic heterocycles. The molecule has 0 aliphatic carbocycles. The van der Waals surface area contributed by atoms with Crippen molar-refractivity contribution in [3.05, 3.63) is 77.3 Å². The number of ether oxygens (including phenoxy) is 2. The molecule has 8 heteroatoms. The lowest BCUT2D eigenvalue weighted by atomic mass is 10.2. The first kappa shape index (κ1) is 18.3. The van der Waals surface area contributed by atoms with E-state index >= 15 is 0 Å². The molecule has 0 amide bonds. The average Bonchev–Trinajstić information content (AvgIpc) is 3.15. The van der Waals surface area contributed by atoms with Crippen molar-refractivity contribution < 1.29 is 22.1 Å². The van der Waals surface area contributed by atoms with Gasteiger partial charge in [-0.15, -0.1) is 0 Å². The third kappa shape index (κ3) is 4.11. The number of hydrogen-bond donors (Lipinski definition) is 0. The first-order valence-corrected chi connectivity index (χ1v) is 10.0. The van der Waals surface area contributed by atoms with E-state index in [1.165, 1.54) is 24.3 Å². The van der Waals surface area contributed by atoms with Crippen LogP contribution in [-0.4, -0.2) is 21.4 Å². The van der Waals surface area contributed by atoms with E-state index in [9.17, 15) is 8.42 Å². The van der Waals surface area contributed by atoms with E-state index in [2.05, 4.69) is 4.99 Å². The highest BCUT2D eigenvalue weighted by atomic mass is 35.5. The van der Waals surface area contributed by atoms with Gasteiger partial charge in [0.2, 0.25) is 6.79 Å². The number of nitrogens with zero attached hydrogens (tertiary/aromatic N) is 1. The minimum atomic E-state index is -3.93. The molecule has 0 unspecified atom stereocenters. The number of aliphatic imine (C=N–C) groups is 1. The Morgan fingerprint density at radius 2 is 1.64 bits per heavy atom. The van der Waals surface area contributed by atoms with Gasteiger partial charge in [-0.2, -0.15) is 8.42 Å². The normalized spacial score (nSPS) is 13.0. The summed E-state index contributed by atoms with van der Waals surface area (Å²) in [6, 6.07) is 17.7. The van der Waals surface area contributed by atoms with Crippen molar-refractivity contribution in [2.45, 2.75) is 4.90 Å². The van der Waals surface area contributed by atoms with Crippen molar-refractivity contribution in [2.24, 2.45) is 4.99 Å². The Kier molecular flexibility index (Phi) is 4.93. The second-order valence-corrected chi connectivity index (χ2v) is 7.84. The molecule has 0 fully saturated rings. The summed E-state index contributed by atoms with van der Waals surface area (Å²) in [5.41, 5.74) is 1.50.